The van der Waals surface area contributed by atoms with E-state index in [-0.39, 0.29) is 6.54 Å². The second-order valence-corrected chi connectivity index (χ2v) is 6.32. The molecule has 1 aromatic rings. The summed E-state index contributed by atoms with van der Waals surface area (Å²) < 4.78 is 25.5. The molecule has 0 aliphatic rings. The molecule has 1 aromatic heterocycles. The predicted octanol–water partition coefficient (Wildman–Crippen LogP) is -0.0478. The van der Waals surface area contributed by atoms with Gasteiger partial charge in [0.25, 0.3) is 0 Å². The molecule has 1 atom stereocenters. The van der Waals surface area contributed by atoms with E-state index in [0.717, 1.165) is 5.01 Å². The summed E-state index contributed by atoms with van der Waals surface area (Å²) in [5.41, 5.74) is 5.30. The van der Waals surface area contributed by atoms with Gasteiger partial charge >= 0.3 is 0 Å². The minimum atomic E-state index is -3.26. The lowest BCUT2D eigenvalue weighted by Crippen LogP contribution is -2.37. The number of sulfonamides is 1. The van der Waals surface area contributed by atoms with Crippen molar-refractivity contribution in [1.82, 2.24) is 9.71 Å². The Kier molecular flexibility index (Phi) is 4.65. The van der Waals surface area contributed by atoms with Crippen LogP contribution >= 0.6 is 11.3 Å². The third-order valence-electron chi connectivity index (χ3n) is 1.99. The SMILES string of the molecule is CC(CN)S(=O)(=O)NCCc1nccs1. The van der Waals surface area contributed by atoms with Gasteiger partial charge in [0.15, 0.2) is 0 Å². The van der Waals surface area contributed by atoms with E-state index < -0.39 is 15.3 Å². The number of hydrogen-bond donors (Lipinski definition) is 2. The van der Waals surface area contributed by atoms with Crippen molar-refractivity contribution in [3.63, 3.8) is 0 Å². The third-order valence-corrected chi connectivity index (χ3v) is 4.69. The minimum absolute atomic E-state index is 0.132. The largest absolute Gasteiger partial charge is 0.329 e. The van der Waals surface area contributed by atoms with Crippen molar-refractivity contribution in [1.29, 1.82) is 0 Å². The van der Waals surface area contributed by atoms with Gasteiger partial charge in [-0.1, -0.05) is 0 Å². The summed E-state index contributed by atoms with van der Waals surface area (Å²) in [4.78, 5) is 4.06. The van der Waals surface area contributed by atoms with Crippen molar-refractivity contribution in [2.75, 3.05) is 13.1 Å². The molecule has 0 aliphatic carbocycles. The maximum Gasteiger partial charge on any atom is 0.215 e. The van der Waals surface area contributed by atoms with Crippen molar-refractivity contribution in [2.45, 2.75) is 18.6 Å². The van der Waals surface area contributed by atoms with E-state index in [1.165, 1.54) is 11.3 Å². The Balaban J connectivity index is 2.37. The highest BCUT2D eigenvalue weighted by Crippen LogP contribution is 2.04. The fourth-order valence-electron chi connectivity index (χ4n) is 0.946. The number of aromatic nitrogens is 1. The summed E-state index contributed by atoms with van der Waals surface area (Å²) in [6, 6.07) is 0. The number of rotatable bonds is 6. The van der Waals surface area contributed by atoms with Gasteiger partial charge in [-0.05, 0) is 6.92 Å². The Bertz CT molecular complexity index is 375. The highest BCUT2D eigenvalue weighted by Gasteiger charge is 2.17. The lowest BCUT2D eigenvalue weighted by atomic mass is 10.5. The van der Waals surface area contributed by atoms with Crippen molar-refractivity contribution >= 4 is 21.4 Å². The lowest BCUT2D eigenvalue weighted by Gasteiger charge is -2.10. The minimum Gasteiger partial charge on any atom is -0.329 e. The highest BCUT2D eigenvalue weighted by atomic mass is 32.2. The first-order chi connectivity index (χ1) is 7.06. The van der Waals surface area contributed by atoms with Gasteiger partial charge in [-0.25, -0.2) is 18.1 Å². The fourth-order valence-corrected chi connectivity index (χ4v) is 2.49. The Labute approximate surface area is 93.8 Å². The Hall–Kier alpha value is -0.500. The van der Waals surface area contributed by atoms with Gasteiger partial charge in [0.1, 0.15) is 0 Å². The zero-order valence-corrected chi connectivity index (χ0v) is 10.1. The van der Waals surface area contributed by atoms with E-state index in [2.05, 4.69) is 9.71 Å². The van der Waals surface area contributed by atoms with Crippen LogP contribution in [0.1, 0.15) is 11.9 Å². The maximum absolute atomic E-state index is 11.5. The zero-order chi connectivity index (χ0) is 11.3. The first-order valence-corrected chi connectivity index (χ1v) is 7.06. The number of hydrogen-bond acceptors (Lipinski definition) is 5. The first kappa shape index (κ1) is 12.6. The molecule has 86 valence electrons. The first-order valence-electron chi connectivity index (χ1n) is 4.63. The van der Waals surface area contributed by atoms with Gasteiger partial charge in [-0.3, -0.25) is 0 Å². The van der Waals surface area contributed by atoms with Crippen molar-refractivity contribution in [2.24, 2.45) is 5.73 Å². The second-order valence-electron chi connectivity index (χ2n) is 3.16. The topological polar surface area (TPSA) is 85.1 Å². The Morgan fingerprint density at radius 2 is 2.40 bits per heavy atom. The van der Waals surface area contributed by atoms with E-state index >= 15 is 0 Å². The summed E-state index contributed by atoms with van der Waals surface area (Å²) in [5, 5.41) is 2.25. The van der Waals surface area contributed by atoms with E-state index in [4.69, 9.17) is 5.73 Å². The summed E-state index contributed by atoms with van der Waals surface area (Å²) in [6.45, 7) is 2.10. The molecule has 5 nitrogen and oxygen atoms in total. The van der Waals surface area contributed by atoms with Gasteiger partial charge in [0.2, 0.25) is 10.0 Å². The van der Waals surface area contributed by atoms with Crippen LogP contribution in [0.2, 0.25) is 0 Å². The van der Waals surface area contributed by atoms with Crippen LogP contribution in [0.5, 0.6) is 0 Å². The monoisotopic (exact) mass is 249 g/mol. The zero-order valence-electron chi connectivity index (χ0n) is 8.51. The average molecular weight is 249 g/mol. The highest BCUT2D eigenvalue weighted by molar-refractivity contribution is 7.90. The van der Waals surface area contributed by atoms with Crippen LogP contribution in [0.4, 0.5) is 0 Å². The third kappa shape index (κ3) is 3.86. The molecule has 0 saturated heterocycles. The molecule has 0 aliphatic heterocycles. The molecular weight excluding hydrogens is 234 g/mol. The molecule has 0 radical (unpaired) electrons. The van der Waals surface area contributed by atoms with Crippen molar-refractivity contribution in [3.8, 4) is 0 Å². The van der Waals surface area contributed by atoms with Crippen LogP contribution in [-0.2, 0) is 16.4 Å². The number of nitrogens with two attached hydrogens (primary N) is 1. The van der Waals surface area contributed by atoms with E-state index in [1.54, 1.807) is 13.1 Å². The molecule has 0 aromatic carbocycles. The number of nitrogens with zero attached hydrogens (tertiary/aromatic N) is 1. The van der Waals surface area contributed by atoms with Crippen LogP contribution in [-0.4, -0.2) is 31.7 Å². The smallest absolute Gasteiger partial charge is 0.215 e. The van der Waals surface area contributed by atoms with Gasteiger partial charge in [0, 0.05) is 31.1 Å². The molecular formula is C8H15N3O2S2. The summed E-state index contributed by atoms with van der Waals surface area (Å²) in [6.07, 6.45) is 2.32. The molecule has 0 bridgehead atoms. The predicted molar refractivity (Wildman–Crippen MR) is 61.3 cm³/mol. The van der Waals surface area contributed by atoms with Crippen LogP contribution in [0.25, 0.3) is 0 Å². The molecule has 15 heavy (non-hydrogen) atoms. The lowest BCUT2D eigenvalue weighted by molar-refractivity contribution is 0.569. The Morgan fingerprint density at radius 1 is 1.67 bits per heavy atom. The van der Waals surface area contributed by atoms with Crippen LogP contribution in [0.15, 0.2) is 11.6 Å². The summed E-state index contributed by atoms with van der Waals surface area (Å²) >= 11 is 1.52. The van der Waals surface area contributed by atoms with Crippen LogP contribution < -0.4 is 10.5 Å². The molecule has 1 rings (SSSR count). The summed E-state index contributed by atoms with van der Waals surface area (Å²) in [7, 11) is -3.26. The fraction of sp³-hybridized carbons (Fsp3) is 0.625. The number of thiazole rings is 1. The van der Waals surface area contributed by atoms with Gasteiger partial charge in [-0.2, -0.15) is 0 Å². The second kappa shape index (κ2) is 5.55. The average Bonchev–Trinajstić information content (AvgIpc) is 2.69. The van der Waals surface area contributed by atoms with Crippen molar-refractivity contribution < 1.29 is 8.42 Å². The standard InChI is InChI=1S/C8H15N3O2S2/c1-7(6-9)15(12,13)11-3-2-8-10-4-5-14-8/h4-5,7,11H,2-3,6,9H2,1H3. The number of nitrogens with one attached hydrogen (secondary N) is 1. The Morgan fingerprint density at radius 3 is 2.93 bits per heavy atom. The molecule has 0 saturated carbocycles. The molecule has 0 amide bonds. The molecule has 3 N–H and O–H groups in total. The quantitative estimate of drug-likeness (QED) is 0.740. The molecule has 1 heterocycles. The van der Waals surface area contributed by atoms with Crippen molar-refractivity contribution in [3.05, 3.63) is 16.6 Å². The van der Waals surface area contributed by atoms with E-state index in [0.29, 0.717) is 13.0 Å². The molecule has 0 fully saturated rings. The van der Waals surface area contributed by atoms with Crippen LogP contribution in [0.3, 0.4) is 0 Å². The van der Waals surface area contributed by atoms with Gasteiger partial charge in [0.05, 0.1) is 10.3 Å². The van der Waals surface area contributed by atoms with E-state index in [1.807, 2.05) is 5.38 Å². The normalized spacial score (nSPS) is 14.0. The summed E-state index contributed by atoms with van der Waals surface area (Å²) in [5.74, 6) is 0. The van der Waals surface area contributed by atoms with Gasteiger partial charge in [-0.15, -0.1) is 11.3 Å². The van der Waals surface area contributed by atoms with Gasteiger partial charge < -0.3 is 5.73 Å². The maximum atomic E-state index is 11.5. The molecule has 1 unspecified atom stereocenters. The molecule has 7 heteroatoms. The van der Waals surface area contributed by atoms with Crippen LogP contribution in [0, 0.1) is 0 Å². The van der Waals surface area contributed by atoms with E-state index in [9.17, 15) is 8.42 Å². The molecule has 0 spiro atoms.